The Bertz CT molecular complexity index is 411. The molecule has 1 aromatic heterocycles. The van der Waals surface area contributed by atoms with Crippen LogP contribution in [0.3, 0.4) is 0 Å². The van der Waals surface area contributed by atoms with Crippen molar-refractivity contribution in [3.63, 3.8) is 0 Å². The molecule has 5 heteroatoms. The summed E-state index contributed by atoms with van der Waals surface area (Å²) in [5.41, 5.74) is 0.962. The predicted octanol–water partition coefficient (Wildman–Crippen LogP) is 2.27. The number of anilines is 2. The first-order chi connectivity index (χ1) is 9.15. The molecule has 1 amide bonds. The molecule has 104 valence electrons. The molecule has 1 aromatic rings. The van der Waals surface area contributed by atoms with E-state index in [1.54, 1.807) is 12.3 Å². The van der Waals surface area contributed by atoms with Gasteiger partial charge in [-0.15, -0.1) is 0 Å². The zero-order chi connectivity index (χ0) is 13.7. The molecule has 1 unspecified atom stereocenters. The quantitative estimate of drug-likeness (QED) is 0.855. The molecule has 0 spiro atoms. The van der Waals surface area contributed by atoms with Gasteiger partial charge in [0.05, 0.1) is 11.9 Å². The van der Waals surface area contributed by atoms with Gasteiger partial charge in [0.2, 0.25) is 0 Å². The molecule has 0 aliphatic carbocycles. The minimum absolute atomic E-state index is 0.104. The summed E-state index contributed by atoms with van der Waals surface area (Å²) in [6.45, 7) is 5.88. The summed E-state index contributed by atoms with van der Waals surface area (Å²) in [4.78, 5) is 16.0. The molecule has 1 atom stereocenters. The summed E-state index contributed by atoms with van der Waals surface area (Å²) in [5, 5.41) is 6.05. The number of nitrogens with one attached hydrogen (secondary N) is 2. The van der Waals surface area contributed by atoms with Gasteiger partial charge in [0.1, 0.15) is 11.9 Å². The molecule has 5 nitrogen and oxygen atoms in total. The minimum atomic E-state index is -0.319. The molecule has 2 N–H and O–H groups in total. The van der Waals surface area contributed by atoms with E-state index < -0.39 is 0 Å². The lowest BCUT2D eigenvalue weighted by Gasteiger charge is -2.11. The van der Waals surface area contributed by atoms with E-state index in [1.807, 2.05) is 6.07 Å². The van der Waals surface area contributed by atoms with Crippen LogP contribution in [0.4, 0.5) is 11.5 Å². The number of hydrogen-bond donors (Lipinski definition) is 2. The largest absolute Gasteiger partial charge is 0.384 e. The zero-order valence-corrected chi connectivity index (χ0v) is 11.5. The fourth-order valence-corrected chi connectivity index (χ4v) is 1.89. The summed E-state index contributed by atoms with van der Waals surface area (Å²) < 4.78 is 5.32. The van der Waals surface area contributed by atoms with E-state index in [2.05, 4.69) is 29.5 Å². The number of ether oxygens (including phenoxy) is 1. The van der Waals surface area contributed by atoms with Gasteiger partial charge in [-0.25, -0.2) is 4.98 Å². The second-order valence-corrected chi connectivity index (χ2v) is 5.20. The van der Waals surface area contributed by atoms with Crippen LogP contribution in [-0.2, 0) is 9.53 Å². The van der Waals surface area contributed by atoms with Crippen LogP contribution in [0.2, 0.25) is 0 Å². The van der Waals surface area contributed by atoms with Crippen molar-refractivity contribution in [1.29, 1.82) is 0 Å². The van der Waals surface area contributed by atoms with Crippen molar-refractivity contribution in [2.45, 2.75) is 32.8 Å². The first kappa shape index (κ1) is 13.8. The van der Waals surface area contributed by atoms with Crippen LogP contribution >= 0.6 is 0 Å². The summed E-state index contributed by atoms with van der Waals surface area (Å²) in [6, 6.07) is 3.72. The van der Waals surface area contributed by atoms with E-state index in [9.17, 15) is 4.79 Å². The molecule has 1 saturated heterocycles. The standard InChI is InChI=1S/C14H21N3O2/c1-10(2)8-15-11-5-6-13(16-9-11)17-14(18)12-4-3-7-19-12/h5-6,9-10,12,15H,3-4,7-8H2,1-2H3,(H,16,17,18). The van der Waals surface area contributed by atoms with Crippen LogP contribution in [0.1, 0.15) is 26.7 Å². The highest BCUT2D eigenvalue weighted by molar-refractivity contribution is 5.93. The topological polar surface area (TPSA) is 63.2 Å². The molecule has 1 aliphatic rings. The number of pyridine rings is 1. The molecule has 2 heterocycles. The molecule has 2 rings (SSSR count). The predicted molar refractivity (Wildman–Crippen MR) is 75.2 cm³/mol. The number of carbonyl (C=O) groups is 1. The van der Waals surface area contributed by atoms with E-state index in [0.29, 0.717) is 18.3 Å². The molecule has 0 bridgehead atoms. The van der Waals surface area contributed by atoms with Crippen LogP contribution in [-0.4, -0.2) is 30.1 Å². The molecular formula is C14H21N3O2. The Morgan fingerprint density at radius 1 is 1.53 bits per heavy atom. The number of carbonyl (C=O) groups excluding carboxylic acids is 1. The molecule has 0 aromatic carbocycles. The van der Waals surface area contributed by atoms with Crippen molar-refractivity contribution < 1.29 is 9.53 Å². The third-order valence-electron chi connectivity index (χ3n) is 2.95. The van der Waals surface area contributed by atoms with Gasteiger partial charge in [-0.05, 0) is 30.9 Å². The number of aromatic nitrogens is 1. The van der Waals surface area contributed by atoms with Gasteiger partial charge in [-0.1, -0.05) is 13.8 Å². The summed E-state index contributed by atoms with van der Waals surface area (Å²) in [7, 11) is 0. The van der Waals surface area contributed by atoms with E-state index in [0.717, 1.165) is 25.1 Å². The molecule has 19 heavy (non-hydrogen) atoms. The smallest absolute Gasteiger partial charge is 0.254 e. The van der Waals surface area contributed by atoms with Gasteiger partial charge in [-0.2, -0.15) is 0 Å². The van der Waals surface area contributed by atoms with Gasteiger partial charge in [0.25, 0.3) is 5.91 Å². The van der Waals surface area contributed by atoms with E-state index in [4.69, 9.17) is 4.74 Å². The SMILES string of the molecule is CC(C)CNc1ccc(NC(=O)C2CCCO2)nc1. The number of rotatable bonds is 5. The van der Waals surface area contributed by atoms with Gasteiger partial charge in [0.15, 0.2) is 0 Å². The van der Waals surface area contributed by atoms with Crippen LogP contribution < -0.4 is 10.6 Å². The van der Waals surface area contributed by atoms with Crippen LogP contribution in [0.15, 0.2) is 18.3 Å². The molecule has 0 saturated carbocycles. The van der Waals surface area contributed by atoms with Crippen molar-refractivity contribution in [3.8, 4) is 0 Å². The Kier molecular flexibility index (Phi) is 4.74. The van der Waals surface area contributed by atoms with Gasteiger partial charge in [0, 0.05) is 13.2 Å². The van der Waals surface area contributed by atoms with Gasteiger partial charge >= 0.3 is 0 Å². The van der Waals surface area contributed by atoms with Gasteiger partial charge < -0.3 is 15.4 Å². The summed E-state index contributed by atoms with van der Waals surface area (Å²) >= 11 is 0. The lowest BCUT2D eigenvalue weighted by atomic mass is 10.2. The van der Waals surface area contributed by atoms with Crippen LogP contribution in [0, 0.1) is 5.92 Å². The maximum Gasteiger partial charge on any atom is 0.254 e. The Hall–Kier alpha value is -1.62. The lowest BCUT2D eigenvalue weighted by Crippen LogP contribution is -2.27. The highest BCUT2D eigenvalue weighted by Gasteiger charge is 2.23. The third-order valence-corrected chi connectivity index (χ3v) is 2.95. The molecular weight excluding hydrogens is 242 g/mol. The van der Waals surface area contributed by atoms with Crippen LogP contribution in [0.25, 0.3) is 0 Å². The minimum Gasteiger partial charge on any atom is -0.384 e. The normalized spacial score (nSPS) is 18.6. The van der Waals surface area contributed by atoms with E-state index >= 15 is 0 Å². The van der Waals surface area contributed by atoms with Gasteiger partial charge in [-0.3, -0.25) is 4.79 Å². The maximum atomic E-state index is 11.8. The number of amides is 1. The highest BCUT2D eigenvalue weighted by Crippen LogP contribution is 2.15. The van der Waals surface area contributed by atoms with Crippen molar-refractivity contribution in [2.75, 3.05) is 23.8 Å². The fraction of sp³-hybridized carbons (Fsp3) is 0.571. The zero-order valence-electron chi connectivity index (χ0n) is 11.5. The average molecular weight is 263 g/mol. The monoisotopic (exact) mass is 263 g/mol. The fourth-order valence-electron chi connectivity index (χ4n) is 1.89. The Balaban J connectivity index is 1.85. The Morgan fingerprint density at radius 2 is 2.37 bits per heavy atom. The highest BCUT2D eigenvalue weighted by atomic mass is 16.5. The van der Waals surface area contributed by atoms with Crippen molar-refractivity contribution in [1.82, 2.24) is 4.98 Å². The third kappa shape index (κ3) is 4.21. The van der Waals surface area contributed by atoms with E-state index in [1.165, 1.54) is 0 Å². The second kappa shape index (κ2) is 6.52. The second-order valence-electron chi connectivity index (χ2n) is 5.20. The van der Waals surface area contributed by atoms with E-state index in [-0.39, 0.29) is 12.0 Å². The maximum absolute atomic E-state index is 11.8. The average Bonchev–Trinajstić information content (AvgIpc) is 2.92. The summed E-state index contributed by atoms with van der Waals surface area (Å²) in [5.74, 6) is 1.04. The number of nitrogens with zero attached hydrogens (tertiary/aromatic N) is 1. The van der Waals surface area contributed by atoms with Crippen molar-refractivity contribution in [2.24, 2.45) is 5.92 Å². The number of hydrogen-bond acceptors (Lipinski definition) is 4. The Labute approximate surface area is 113 Å². The molecule has 1 fully saturated rings. The first-order valence-electron chi connectivity index (χ1n) is 6.77. The molecule has 1 aliphatic heterocycles. The molecule has 0 radical (unpaired) electrons. The van der Waals surface area contributed by atoms with Crippen molar-refractivity contribution in [3.05, 3.63) is 18.3 Å². The van der Waals surface area contributed by atoms with Crippen LogP contribution in [0.5, 0.6) is 0 Å². The van der Waals surface area contributed by atoms with Crippen molar-refractivity contribution >= 4 is 17.4 Å². The lowest BCUT2D eigenvalue weighted by molar-refractivity contribution is -0.124. The summed E-state index contributed by atoms with van der Waals surface area (Å²) in [6.07, 6.45) is 3.15. The Morgan fingerprint density at radius 3 is 2.95 bits per heavy atom. The first-order valence-corrected chi connectivity index (χ1v) is 6.77.